The minimum atomic E-state index is -0.562. The Balaban J connectivity index is 1.68. The minimum absolute atomic E-state index is 0.295. The minimum Gasteiger partial charge on any atom is -0.505 e. The fourth-order valence-corrected chi connectivity index (χ4v) is 2.01. The second-order valence-electron chi connectivity index (χ2n) is 4.48. The van der Waals surface area contributed by atoms with Crippen LogP contribution in [-0.4, -0.2) is 24.9 Å². The number of hydrogen-bond donors (Lipinski definition) is 2. The van der Waals surface area contributed by atoms with Crippen molar-refractivity contribution in [3.63, 3.8) is 0 Å². The second-order valence-corrected chi connectivity index (χ2v) is 4.48. The maximum absolute atomic E-state index is 13.0. The van der Waals surface area contributed by atoms with Crippen molar-refractivity contribution in [1.82, 2.24) is 5.32 Å². The van der Waals surface area contributed by atoms with Crippen molar-refractivity contribution in [2.24, 2.45) is 5.92 Å². The molecule has 2 N–H and O–H groups in total. The number of hydrogen-bond acceptors (Lipinski definition) is 3. The van der Waals surface area contributed by atoms with Crippen molar-refractivity contribution in [2.75, 3.05) is 19.8 Å². The molecule has 2 rings (SSSR count). The number of aromatic hydroxyl groups is 1. The first-order valence-corrected chi connectivity index (χ1v) is 6.01. The summed E-state index contributed by atoms with van der Waals surface area (Å²) in [6.07, 6.45) is 2.25. The highest BCUT2D eigenvalue weighted by molar-refractivity contribution is 5.27. The lowest BCUT2D eigenvalue weighted by Gasteiger charge is -2.09. The summed E-state index contributed by atoms with van der Waals surface area (Å²) in [5.74, 6) is -0.190. The van der Waals surface area contributed by atoms with Crippen LogP contribution < -0.4 is 5.32 Å². The number of nitrogens with one attached hydrogen (secondary N) is 1. The third kappa shape index (κ3) is 3.68. The van der Waals surface area contributed by atoms with E-state index in [0.29, 0.717) is 12.5 Å². The predicted octanol–water partition coefficient (Wildman–Crippen LogP) is 2.05. The molecule has 1 aliphatic rings. The van der Waals surface area contributed by atoms with E-state index in [2.05, 4.69) is 5.32 Å². The van der Waals surface area contributed by atoms with Gasteiger partial charge in [0.15, 0.2) is 11.6 Å². The van der Waals surface area contributed by atoms with E-state index in [1.165, 1.54) is 12.1 Å². The Kier molecular flexibility index (Phi) is 4.34. The first-order chi connectivity index (χ1) is 8.25. The molecular formula is C13H18FNO2. The lowest BCUT2D eigenvalue weighted by molar-refractivity contribution is 0.184. The molecule has 0 saturated carbocycles. The van der Waals surface area contributed by atoms with Crippen LogP contribution in [0, 0.1) is 11.7 Å². The standard InChI is InChI=1S/C13H18FNO2/c14-12-7-11(1-2-13(12)16)8-15-5-3-10-4-6-17-9-10/h1-2,7,10,15-16H,3-6,8-9H2. The van der Waals surface area contributed by atoms with Gasteiger partial charge in [-0.3, -0.25) is 0 Å². The predicted molar refractivity (Wildman–Crippen MR) is 63.3 cm³/mol. The van der Waals surface area contributed by atoms with Crippen LogP contribution in [0.4, 0.5) is 4.39 Å². The average Bonchev–Trinajstić information content (AvgIpc) is 2.82. The highest BCUT2D eigenvalue weighted by Crippen LogP contribution is 2.17. The van der Waals surface area contributed by atoms with Gasteiger partial charge in [0.05, 0.1) is 0 Å². The zero-order valence-electron chi connectivity index (χ0n) is 9.79. The molecule has 1 atom stereocenters. The van der Waals surface area contributed by atoms with Crippen molar-refractivity contribution in [3.05, 3.63) is 29.6 Å². The van der Waals surface area contributed by atoms with Crippen molar-refractivity contribution >= 4 is 0 Å². The molecule has 0 spiro atoms. The van der Waals surface area contributed by atoms with E-state index in [0.717, 1.165) is 38.2 Å². The van der Waals surface area contributed by atoms with Gasteiger partial charge in [0, 0.05) is 19.8 Å². The number of ether oxygens (including phenoxy) is 1. The average molecular weight is 239 g/mol. The molecule has 1 fully saturated rings. The number of phenols is 1. The van der Waals surface area contributed by atoms with Crippen LogP contribution in [0.2, 0.25) is 0 Å². The molecule has 17 heavy (non-hydrogen) atoms. The van der Waals surface area contributed by atoms with Gasteiger partial charge in [-0.25, -0.2) is 4.39 Å². The molecule has 1 unspecified atom stereocenters. The summed E-state index contributed by atoms with van der Waals surface area (Å²) in [4.78, 5) is 0. The largest absolute Gasteiger partial charge is 0.505 e. The topological polar surface area (TPSA) is 41.5 Å². The highest BCUT2D eigenvalue weighted by Gasteiger charge is 2.14. The number of phenolic OH excluding ortho intramolecular Hbond substituents is 1. The molecule has 0 radical (unpaired) electrons. The van der Waals surface area contributed by atoms with Gasteiger partial charge in [-0.05, 0) is 43.0 Å². The fraction of sp³-hybridized carbons (Fsp3) is 0.538. The lowest BCUT2D eigenvalue weighted by Crippen LogP contribution is -2.18. The van der Waals surface area contributed by atoms with E-state index in [4.69, 9.17) is 9.84 Å². The Morgan fingerprint density at radius 2 is 2.35 bits per heavy atom. The molecule has 1 aliphatic heterocycles. The van der Waals surface area contributed by atoms with E-state index >= 15 is 0 Å². The Morgan fingerprint density at radius 3 is 3.06 bits per heavy atom. The summed E-state index contributed by atoms with van der Waals surface area (Å²) in [6.45, 7) is 3.30. The Bertz CT molecular complexity index is 364. The summed E-state index contributed by atoms with van der Waals surface area (Å²) in [6, 6.07) is 4.47. The smallest absolute Gasteiger partial charge is 0.165 e. The summed E-state index contributed by atoms with van der Waals surface area (Å²) in [5.41, 5.74) is 0.850. The van der Waals surface area contributed by atoms with Crippen LogP contribution in [0.25, 0.3) is 0 Å². The third-order valence-electron chi connectivity index (χ3n) is 3.09. The molecule has 1 saturated heterocycles. The SMILES string of the molecule is Oc1ccc(CNCCC2CCOC2)cc1F. The zero-order chi connectivity index (χ0) is 12.1. The van der Waals surface area contributed by atoms with E-state index in [-0.39, 0.29) is 5.75 Å². The first kappa shape index (κ1) is 12.3. The van der Waals surface area contributed by atoms with Crippen LogP contribution >= 0.6 is 0 Å². The van der Waals surface area contributed by atoms with Gasteiger partial charge in [-0.1, -0.05) is 6.07 Å². The van der Waals surface area contributed by atoms with Crippen molar-refractivity contribution in [2.45, 2.75) is 19.4 Å². The van der Waals surface area contributed by atoms with Crippen LogP contribution in [-0.2, 0) is 11.3 Å². The van der Waals surface area contributed by atoms with Crippen LogP contribution in [0.3, 0.4) is 0 Å². The maximum atomic E-state index is 13.0. The van der Waals surface area contributed by atoms with Crippen molar-refractivity contribution in [3.8, 4) is 5.75 Å². The first-order valence-electron chi connectivity index (χ1n) is 6.01. The van der Waals surface area contributed by atoms with Gasteiger partial charge >= 0.3 is 0 Å². The molecule has 0 aromatic heterocycles. The van der Waals surface area contributed by atoms with E-state index < -0.39 is 5.82 Å². The maximum Gasteiger partial charge on any atom is 0.165 e. The number of benzene rings is 1. The van der Waals surface area contributed by atoms with E-state index in [1.54, 1.807) is 6.07 Å². The molecule has 94 valence electrons. The van der Waals surface area contributed by atoms with Gasteiger partial charge in [0.1, 0.15) is 0 Å². The van der Waals surface area contributed by atoms with Crippen molar-refractivity contribution in [1.29, 1.82) is 0 Å². The van der Waals surface area contributed by atoms with Crippen LogP contribution in [0.5, 0.6) is 5.75 Å². The lowest BCUT2D eigenvalue weighted by atomic mass is 10.1. The van der Waals surface area contributed by atoms with Crippen LogP contribution in [0.1, 0.15) is 18.4 Å². The van der Waals surface area contributed by atoms with Gasteiger partial charge in [-0.2, -0.15) is 0 Å². The molecule has 1 aromatic rings. The molecular weight excluding hydrogens is 221 g/mol. The fourth-order valence-electron chi connectivity index (χ4n) is 2.01. The van der Waals surface area contributed by atoms with Gasteiger partial charge in [0.25, 0.3) is 0 Å². The summed E-state index contributed by atoms with van der Waals surface area (Å²) in [7, 11) is 0. The number of rotatable bonds is 5. The quantitative estimate of drug-likeness (QED) is 0.773. The highest BCUT2D eigenvalue weighted by atomic mass is 19.1. The zero-order valence-corrected chi connectivity index (χ0v) is 9.79. The molecule has 0 aliphatic carbocycles. The van der Waals surface area contributed by atoms with Crippen LogP contribution in [0.15, 0.2) is 18.2 Å². The Morgan fingerprint density at radius 1 is 1.47 bits per heavy atom. The van der Waals surface area contributed by atoms with E-state index in [9.17, 15) is 4.39 Å². The molecule has 3 nitrogen and oxygen atoms in total. The monoisotopic (exact) mass is 239 g/mol. The normalized spacial score (nSPS) is 19.7. The third-order valence-corrected chi connectivity index (χ3v) is 3.09. The van der Waals surface area contributed by atoms with Crippen molar-refractivity contribution < 1.29 is 14.2 Å². The van der Waals surface area contributed by atoms with Gasteiger partial charge in [0.2, 0.25) is 0 Å². The molecule has 0 amide bonds. The molecule has 4 heteroatoms. The Labute approximate surface area is 101 Å². The van der Waals surface area contributed by atoms with Gasteiger partial charge < -0.3 is 15.2 Å². The summed E-state index contributed by atoms with van der Waals surface area (Å²) < 4.78 is 18.3. The Hall–Kier alpha value is -1.13. The molecule has 1 heterocycles. The summed E-state index contributed by atoms with van der Waals surface area (Å²) in [5, 5.41) is 12.3. The summed E-state index contributed by atoms with van der Waals surface area (Å²) >= 11 is 0. The number of halogens is 1. The van der Waals surface area contributed by atoms with Gasteiger partial charge in [-0.15, -0.1) is 0 Å². The molecule has 0 bridgehead atoms. The molecule has 1 aromatic carbocycles. The second kappa shape index (κ2) is 5.98. The van der Waals surface area contributed by atoms with E-state index in [1.807, 2.05) is 0 Å².